The second kappa shape index (κ2) is 8.99. The Morgan fingerprint density at radius 2 is 1.85 bits per heavy atom. The predicted octanol–water partition coefficient (Wildman–Crippen LogP) is 4.72. The molecule has 20 heavy (non-hydrogen) atoms. The van der Waals surface area contributed by atoms with Crippen molar-refractivity contribution in [3.63, 3.8) is 0 Å². The van der Waals surface area contributed by atoms with Gasteiger partial charge in [-0.1, -0.05) is 30.2 Å². The molecule has 1 rings (SSSR count). The number of rotatable bonds is 9. The van der Waals surface area contributed by atoms with Crippen LogP contribution in [0.1, 0.15) is 66.2 Å². The van der Waals surface area contributed by atoms with Gasteiger partial charge in [0.25, 0.3) is 0 Å². The van der Waals surface area contributed by atoms with Crippen molar-refractivity contribution in [1.29, 1.82) is 0 Å². The maximum absolute atomic E-state index is 12.1. The number of hydrogen-bond acceptors (Lipinski definition) is 1. The molecule has 0 unspecified atom stereocenters. The molecule has 0 radical (unpaired) electrons. The van der Waals surface area contributed by atoms with Crippen molar-refractivity contribution in [1.82, 2.24) is 4.90 Å². The number of nitrogens with zero attached hydrogens (tertiary/aromatic N) is 1. The zero-order valence-corrected chi connectivity index (χ0v) is 13.7. The van der Waals surface area contributed by atoms with Crippen LogP contribution < -0.4 is 0 Å². The minimum Gasteiger partial charge on any atom is -0.339 e. The summed E-state index contributed by atoms with van der Waals surface area (Å²) in [5.41, 5.74) is 2.78. The Balaban J connectivity index is 2.42. The normalized spacial score (nSPS) is 15.1. The van der Waals surface area contributed by atoms with Crippen LogP contribution in [0.5, 0.6) is 0 Å². The molecular weight excluding hydrogens is 246 g/mol. The summed E-state index contributed by atoms with van der Waals surface area (Å²) < 4.78 is 0. The largest absolute Gasteiger partial charge is 0.339 e. The maximum Gasteiger partial charge on any atom is 0.222 e. The molecule has 1 aliphatic rings. The van der Waals surface area contributed by atoms with Crippen molar-refractivity contribution in [3.05, 3.63) is 23.3 Å². The summed E-state index contributed by atoms with van der Waals surface area (Å²) >= 11 is 0. The van der Waals surface area contributed by atoms with E-state index < -0.39 is 0 Å². The third kappa shape index (κ3) is 7.52. The highest BCUT2D eigenvalue weighted by atomic mass is 16.2. The Bertz CT molecular complexity index is 360. The van der Waals surface area contributed by atoms with Gasteiger partial charge in [-0.15, -0.1) is 0 Å². The highest BCUT2D eigenvalue weighted by Gasteiger charge is 2.25. The molecule has 0 aromatic rings. The fraction of sp³-hybridized carbons (Fsp3) is 0.722. The van der Waals surface area contributed by atoms with E-state index in [0.717, 1.165) is 38.3 Å². The number of carbonyl (C=O) groups excluding carboxylic acids is 1. The zero-order chi connectivity index (χ0) is 15.0. The summed E-state index contributed by atoms with van der Waals surface area (Å²) in [7, 11) is 0. The quantitative estimate of drug-likeness (QED) is 0.558. The monoisotopic (exact) mass is 277 g/mol. The third-order valence-corrected chi connectivity index (χ3v) is 3.74. The van der Waals surface area contributed by atoms with Gasteiger partial charge in [-0.05, 0) is 58.8 Å². The van der Waals surface area contributed by atoms with Crippen LogP contribution in [-0.4, -0.2) is 23.9 Å². The van der Waals surface area contributed by atoms with E-state index in [-0.39, 0.29) is 0 Å². The van der Waals surface area contributed by atoms with E-state index in [1.54, 1.807) is 0 Å². The van der Waals surface area contributed by atoms with Crippen LogP contribution in [0.25, 0.3) is 0 Å². The lowest BCUT2D eigenvalue weighted by Gasteiger charge is -2.21. The molecule has 1 aliphatic carbocycles. The molecule has 114 valence electrons. The molecule has 0 N–H and O–H groups in total. The summed E-state index contributed by atoms with van der Waals surface area (Å²) in [5.74, 6) is 1.10. The van der Waals surface area contributed by atoms with Gasteiger partial charge in [-0.25, -0.2) is 0 Å². The SMILES string of the molecule is CCCC(=O)N(C/C=C(\C)CCC=C(C)C)CC1CC1. The lowest BCUT2D eigenvalue weighted by molar-refractivity contribution is -0.130. The van der Waals surface area contributed by atoms with Crippen molar-refractivity contribution < 1.29 is 4.79 Å². The van der Waals surface area contributed by atoms with Crippen LogP contribution in [0.2, 0.25) is 0 Å². The van der Waals surface area contributed by atoms with E-state index >= 15 is 0 Å². The van der Waals surface area contributed by atoms with Gasteiger partial charge in [0.15, 0.2) is 0 Å². The van der Waals surface area contributed by atoms with E-state index in [2.05, 4.69) is 44.7 Å². The van der Waals surface area contributed by atoms with Crippen molar-refractivity contribution in [2.45, 2.75) is 66.2 Å². The minimum absolute atomic E-state index is 0.327. The fourth-order valence-corrected chi connectivity index (χ4v) is 2.22. The van der Waals surface area contributed by atoms with Gasteiger partial charge < -0.3 is 4.90 Å². The molecule has 0 heterocycles. The molecule has 2 nitrogen and oxygen atoms in total. The average Bonchev–Trinajstić information content (AvgIpc) is 3.18. The van der Waals surface area contributed by atoms with Crippen LogP contribution >= 0.6 is 0 Å². The second-order valence-corrected chi connectivity index (χ2v) is 6.36. The molecule has 0 aliphatic heterocycles. The predicted molar refractivity (Wildman–Crippen MR) is 86.6 cm³/mol. The molecule has 1 saturated carbocycles. The van der Waals surface area contributed by atoms with Crippen molar-refractivity contribution >= 4 is 5.91 Å². The molecule has 0 aromatic carbocycles. The molecular formula is C18H31NO. The maximum atomic E-state index is 12.1. The topological polar surface area (TPSA) is 20.3 Å². The third-order valence-electron chi connectivity index (χ3n) is 3.74. The Labute approximate surface area is 124 Å². The molecule has 2 heteroatoms. The Hall–Kier alpha value is -1.05. The van der Waals surface area contributed by atoms with Crippen LogP contribution in [0.3, 0.4) is 0 Å². The zero-order valence-electron chi connectivity index (χ0n) is 13.7. The first-order valence-corrected chi connectivity index (χ1v) is 8.09. The molecule has 0 atom stereocenters. The van der Waals surface area contributed by atoms with Crippen molar-refractivity contribution in [2.75, 3.05) is 13.1 Å². The fourth-order valence-electron chi connectivity index (χ4n) is 2.22. The van der Waals surface area contributed by atoms with Gasteiger partial charge in [0.1, 0.15) is 0 Å². The van der Waals surface area contributed by atoms with E-state index in [1.165, 1.54) is 24.0 Å². The summed E-state index contributed by atoms with van der Waals surface area (Å²) in [6.07, 6.45) is 11.0. The number of hydrogen-bond donors (Lipinski definition) is 0. The number of carbonyl (C=O) groups is 1. The highest BCUT2D eigenvalue weighted by Crippen LogP contribution is 2.30. The van der Waals surface area contributed by atoms with Crippen LogP contribution in [-0.2, 0) is 4.79 Å². The summed E-state index contributed by atoms with van der Waals surface area (Å²) in [4.78, 5) is 14.2. The molecule has 1 amide bonds. The average molecular weight is 277 g/mol. The van der Waals surface area contributed by atoms with Gasteiger partial charge >= 0.3 is 0 Å². The van der Waals surface area contributed by atoms with Gasteiger partial charge in [-0.3, -0.25) is 4.79 Å². The first kappa shape index (κ1) is 17.0. The van der Waals surface area contributed by atoms with Crippen LogP contribution in [0, 0.1) is 5.92 Å². The van der Waals surface area contributed by atoms with Crippen LogP contribution in [0.4, 0.5) is 0 Å². The van der Waals surface area contributed by atoms with E-state index in [4.69, 9.17) is 0 Å². The van der Waals surface area contributed by atoms with E-state index in [9.17, 15) is 4.79 Å². The lowest BCUT2D eigenvalue weighted by atomic mass is 10.1. The second-order valence-electron chi connectivity index (χ2n) is 6.36. The minimum atomic E-state index is 0.327. The van der Waals surface area contributed by atoms with Gasteiger partial charge in [0, 0.05) is 19.5 Å². The van der Waals surface area contributed by atoms with Gasteiger partial charge in [0.05, 0.1) is 0 Å². The summed E-state index contributed by atoms with van der Waals surface area (Å²) in [5, 5.41) is 0. The molecule has 0 bridgehead atoms. The lowest BCUT2D eigenvalue weighted by Crippen LogP contribution is -2.33. The smallest absolute Gasteiger partial charge is 0.222 e. The Morgan fingerprint density at radius 3 is 2.40 bits per heavy atom. The van der Waals surface area contributed by atoms with E-state index in [1.807, 2.05) is 0 Å². The van der Waals surface area contributed by atoms with Crippen molar-refractivity contribution in [3.8, 4) is 0 Å². The molecule has 0 spiro atoms. The summed E-state index contributed by atoms with van der Waals surface area (Å²) in [6, 6.07) is 0. The number of amides is 1. The Kier molecular flexibility index (Phi) is 7.64. The Morgan fingerprint density at radius 1 is 1.15 bits per heavy atom. The molecule has 0 aromatic heterocycles. The molecule has 1 fully saturated rings. The first-order valence-electron chi connectivity index (χ1n) is 8.09. The first-order chi connectivity index (χ1) is 9.52. The highest BCUT2D eigenvalue weighted by molar-refractivity contribution is 5.76. The van der Waals surface area contributed by atoms with Crippen LogP contribution in [0.15, 0.2) is 23.3 Å². The standard InChI is InChI=1S/C18H31NO/c1-5-7-18(20)19(14-17-10-11-17)13-12-16(4)9-6-8-15(2)3/h8,12,17H,5-7,9-11,13-14H2,1-4H3/b16-12+. The van der Waals surface area contributed by atoms with Gasteiger partial charge in [-0.2, -0.15) is 0 Å². The van der Waals surface area contributed by atoms with Gasteiger partial charge in [0.2, 0.25) is 5.91 Å². The van der Waals surface area contributed by atoms with Crippen molar-refractivity contribution in [2.24, 2.45) is 5.92 Å². The summed E-state index contributed by atoms with van der Waals surface area (Å²) in [6.45, 7) is 10.3. The molecule has 0 saturated heterocycles. The van der Waals surface area contributed by atoms with E-state index in [0.29, 0.717) is 12.3 Å². The number of allylic oxidation sites excluding steroid dienone is 3.